The second-order valence-electron chi connectivity index (χ2n) is 9.83. The number of rotatable bonds is 13. The summed E-state index contributed by atoms with van der Waals surface area (Å²) in [5.41, 5.74) is 3.64. The molecule has 3 rings (SSSR count). The number of ether oxygens (including phenoxy) is 1. The lowest BCUT2D eigenvalue weighted by Gasteiger charge is -2.16. The van der Waals surface area contributed by atoms with E-state index in [-0.39, 0.29) is 18.9 Å². The molecule has 6 heteroatoms. The number of benzene rings is 2. The van der Waals surface area contributed by atoms with Crippen molar-refractivity contribution < 1.29 is 19.4 Å². The van der Waals surface area contributed by atoms with Gasteiger partial charge in [-0.2, -0.15) is 0 Å². The smallest absolute Gasteiger partial charge is 0.303 e. The average molecular weight is 491 g/mol. The number of carbonyl (C=O) groups is 2. The van der Waals surface area contributed by atoms with Crippen molar-refractivity contribution in [2.75, 3.05) is 11.9 Å². The number of carboxylic acids is 1. The van der Waals surface area contributed by atoms with Crippen molar-refractivity contribution in [3.63, 3.8) is 0 Å². The van der Waals surface area contributed by atoms with Gasteiger partial charge in [-0.25, -0.2) is 0 Å². The molecule has 0 saturated carbocycles. The summed E-state index contributed by atoms with van der Waals surface area (Å²) in [6.45, 7) is 9.01. The number of anilines is 1. The number of nitrogens with zero attached hydrogens (tertiary/aromatic N) is 1. The monoisotopic (exact) mass is 490 g/mol. The Morgan fingerprint density at radius 3 is 2.58 bits per heavy atom. The van der Waals surface area contributed by atoms with Gasteiger partial charge in [0.2, 0.25) is 5.91 Å². The topological polar surface area (TPSA) is 80.6 Å². The highest BCUT2D eigenvalue weighted by Gasteiger charge is 2.11. The van der Waals surface area contributed by atoms with Gasteiger partial charge in [0.1, 0.15) is 5.75 Å². The fourth-order valence-corrected chi connectivity index (χ4v) is 4.30. The van der Waals surface area contributed by atoms with Gasteiger partial charge >= 0.3 is 5.97 Å². The number of allylic oxidation sites excluding steroid dienone is 1. The summed E-state index contributed by atoms with van der Waals surface area (Å²) in [7, 11) is 0. The minimum Gasteiger partial charge on any atom is -0.491 e. The molecule has 0 radical (unpaired) electrons. The molecular weight excluding hydrogens is 452 g/mol. The first-order chi connectivity index (χ1) is 17.2. The van der Waals surface area contributed by atoms with Crippen LogP contribution < -0.4 is 10.1 Å². The maximum absolute atomic E-state index is 12.7. The molecule has 1 amide bonds. The van der Waals surface area contributed by atoms with E-state index in [1.165, 1.54) is 18.4 Å². The van der Waals surface area contributed by atoms with Crippen molar-refractivity contribution in [1.82, 2.24) is 4.57 Å². The fourth-order valence-electron chi connectivity index (χ4n) is 4.30. The summed E-state index contributed by atoms with van der Waals surface area (Å²) in [4.78, 5) is 23.4. The van der Waals surface area contributed by atoms with Crippen LogP contribution in [0, 0.1) is 5.92 Å². The molecule has 0 bridgehead atoms. The van der Waals surface area contributed by atoms with Gasteiger partial charge < -0.3 is 19.7 Å². The first kappa shape index (κ1) is 27.1. The Labute approximate surface area is 214 Å². The molecule has 0 spiro atoms. The highest BCUT2D eigenvalue weighted by molar-refractivity contribution is 6.04. The molecule has 2 N–H and O–H groups in total. The molecule has 1 heterocycles. The molecule has 0 saturated heterocycles. The molecule has 0 aliphatic heterocycles. The second-order valence-corrected chi connectivity index (χ2v) is 9.83. The van der Waals surface area contributed by atoms with Crippen LogP contribution in [0.15, 0.2) is 60.8 Å². The number of carboxylic acid groups (broad SMARTS) is 1. The SMILES string of the molecule is C/C(=C\C(=O)Nc1ccccc1OCCCC(=O)O)c1ccc2c(ccn2C(C)CCCC(C)C)c1. The Bertz CT molecular complexity index is 1210. The van der Waals surface area contributed by atoms with Crippen molar-refractivity contribution in [1.29, 1.82) is 0 Å². The zero-order valence-corrected chi connectivity index (χ0v) is 21.8. The molecule has 192 valence electrons. The molecular formula is C30H38N2O4. The molecule has 2 aromatic carbocycles. The third-order valence-electron chi connectivity index (χ3n) is 6.34. The van der Waals surface area contributed by atoms with Crippen molar-refractivity contribution in [2.24, 2.45) is 5.92 Å². The van der Waals surface area contributed by atoms with E-state index in [1.807, 2.05) is 19.1 Å². The first-order valence-electron chi connectivity index (χ1n) is 12.8. The Hall–Kier alpha value is -3.54. The highest BCUT2D eigenvalue weighted by atomic mass is 16.5. The Morgan fingerprint density at radius 2 is 1.83 bits per heavy atom. The third kappa shape index (κ3) is 7.74. The summed E-state index contributed by atoms with van der Waals surface area (Å²) in [5, 5.41) is 12.8. The van der Waals surface area contributed by atoms with Gasteiger partial charge in [0, 0.05) is 35.6 Å². The minimum atomic E-state index is -0.855. The van der Waals surface area contributed by atoms with Crippen molar-refractivity contribution in [3.05, 3.63) is 66.4 Å². The van der Waals surface area contributed by atoms with Gasteiger partial charge in [-0.1, -0.05) is 44.9 Å². The van der Waals surface area contributed by atoms with Crippen LogP contribution in [0.2, 0.25) is 0 Å². The zero-order chi connectivity index (χ0) is 26.1. The molecule has 36 heavy (non-hydrogen) atoms. The van der Waals surface area contributed by atoms with E-state index in [2.05, 4.69) is 61.1 Å². The lowest BCUT2D eigenvalue weighted by molar-refractivity contribution is -0.137. The van der Waals surface area contributed by atoms with Gasteiger partial charge in [-0.15, -0.1) is 0 Å². The standard InChI is InChI=1S/C30H38N2O4/c1-21(2)9-7-10-23(4)32-17-16-25-20-24(14-15-27(25)32)22(3)19-29(33)31-26-11-5-6-12-28(26)36-18-8-13-30(34)35/h5-6,11-12,14-17,19-21,23H,7-10,13,18H2,1-4H3,(H,31,33)(H,34,35)/b22-19+. The van der Waals surface area contributed by atoms with Crippen LogP contribution in [0.4, 0.5) is 5.69 Å². The number of amides is 1. The predicted octanol–water partition coefficient (Wildman–Crippen LogP) is 7.31. The van der Waals surface area contributed by atoms with E-state index in [0.717, 1.165) is 28.9 Å². The molecule has 1 atom stereocenters. The van der Waals surface area contributed by atoms with Crippen LogP contribution in [0.5, 0.6) is 5.75 Å². The normalized spacial score (nSPS) is 12.6. The van der Waals surface area contributed by atoms with Crippen molar-refractivity contribution >= 4 is 34.0 Å². The van der Waals surface area contributed by atoms with Gasteiger partial charge in [0.15, 0.2) is 0 Å². The summed E-state index contributed by atoms with van der Waals surface area (Å²) in [6.07, 6.45) is 7.83. The van der Waals surface area contributed by atoms with E-state index in [1.54, 1.807) is 18.2 Å². The molecule has 1 unspecified atom stereocenters. The Balaban J connectivity index is 1.66. The Morgan fingerprint density at radius 1 is 1.06 bits per heavy atom. The number of aromatic nitrogens is 1. The first-order valence-corrected chi connectivity index (χ1v) is 12.8. The average Bonchev–Trinajstić information content (AvgIpc) is 3.25. The van der Waals surface area contributed by atoms with Gasteiger partial charge in [-0.05, 0) is 74.1 Å². The number of para-hydroxylation sites is 2. The van der Waals surface area contributed by atoms with Gasteiger partial charge in [0.25, 0.3) is 0 Å². The lowest BCUT2D eigenvalue weighted by atomic mass is 10.0. The lowest BCUT2D eigenvalue weighted by Crippen LogP contribution is -2.11. The number of carbonyl (C=O) groups excluding carboxylic acids is 1. The van der Waals surface area contributed by atoms with E-state index < -0.39 is 5.97 Å². The van der Waals surface area contributed by atoms with Crippen LogP contribution in [0.1, 0.15) is 71.4 Å². The van der Waals surface area contributed by atoms with Crippen LogP contribution in [-0.4, -0.2) is 28.2 Å². The zero-order valence-electron chi connectivity index (χ0n) is 21.8. The predicted molar refractivity (Wildman–Crippen MR) is 146 cm³/mol. The van der Waals surface area contributed by atoms with Gasteiger partial charge in [0.05, 0.1) is 12.3 Å². The number of hydrogen-bond donors (Lipinski definition) is 2. The van der Waals surface area contributed by atoms with E-state index in [0.29, 0.717) is 23.9 Å². The molecule has 1 aromatic heterocycles. The summed E-state index contributed by atoms with van der Waals surface area (Å²) in [6, 6.07) is 16.1. The van der Waals surface area contributed by atoms with Crippen LogP contribution in [0.3, 0.4) is 0 Å². The highest BCUT2D eigenvalue weighted by Crippen LogP contribution is 2.28. The maximum Gasteiger partial charge on any atom is 0.303 e. The van der Waals surface area contributed by atoms with Crippen molar-refractivity contribution in [3.8, 4) is 5.75 Å². The van der Waals surface area contributed by atoms with Gasteiger partial charge in [-0.3, -0.25) is 9.59 Å². The van der Waals surface area contributed by atoms with E-state index in [4.69, 9.17) is 9.84 Å². The quantitative estimate of drug-likeness (QED) is 0.194. The minimum absolute atomic E-state index is 0.0429. The van der Waals surface area contributed by atoms with E-state index in [9.17, 15) is 9.59 Å². The van der Waals surface area contributed by atoms with Crippen LogP contribution >= 0.6 is 0 Å². The maximum atomic E-state index is 12.7. The number of fused-ring (bicyclic) bond motifs is 1. The number of aliphatic carboxylic acids is 1. The molecule has 0 fully saturated rings. The van der Waals surface area contributed by atoms with E-state index >= 15 is 0 Å². The summed E-state index contributed by atoms with van der Waals surface area (Å²) < 4.78 is 8.03. The largest absolute Gasteiger partial charge is 0.491 e. The second kappa shape index (κ2) is 13.0. The van der Waals surface area contributed by atoms with Crippen molar-refractivity contribution in [2.45, 2.75) is 65.8 Å². The molecule has 0 aliphatic carbocycles. The molecule has 6 nitrogen and oxygen atoms in total. The molecule has 3 aromatic rings. The van der Waals surface area contributed by atoms with Crippen LogP contribution in [-0.2, 0) is 9.59 Å². The van der Waals surface area contributed by atoms with Crippen LogP contribution in [0.25, 0.3) is 16.5 Å². The fraction of sp³-hybridized carbons (Fsp3) is 0.400. The number of hydrogen-bond acceptors (Lipinski definition) is 3. The summed E-state index contributed by atoms with van der Waals surface area (Å²) >= 11 is 0. The summed E-state index contributed by atoms with van der Waals surface area (Å²) in [5.74, 6) is 0.155. The number of nitrogens with one attached hydrogen (secondary N) is 1. The third-order valence-corrected chi connectivity index (χ3v) is 6.34. The molecule has 0 aliphatic rings. The Kier molecular flexibility index (Phi) is 9.74.